The number of halogens is 1. The lowest BCUT2D eigenvalue weighted by molar-refractivity contribution is -0.384. The number of aromatic nitrogens is 1. The van der Waals surface area contributed by atoms with Crippen molar-refractivity contribution in [2.45, 2.75) is 37.8 Å². The predicted octanol–water partition coefficient (Wildman–Crippen LogP) is 4.90. The molecule has 3 aromatic carbocycles. The molecular formula is C30H28BrN5O5. The molecule has 2 amide bonds. The minimum absolute atomic E-state index is 0.0629. The van der Waals surface area contributed by atoms with Crippen LogP contribution in [0.4, 0.5) is 11.4 Å². The molecule has 1 aliphatic rings. The fourth-order valence-electron chi connectivity index (χ4n) is 6.06. The van der Waals surface area contributed by atoms with Crippen molar-refractivity contribution >= 4 is 50.0 Å². The van der Waals surface area contributed by atoms with Gasteiger partial charge in [-0.25, -0.2) is 0 Å². The topological polar surface area (TPSA) is 149 Å². The number of pyridine rings is 1. The van der Waals surface area contributed by atoms with Gasteiger partial charge in [0, 0.05) is 35.0 Å². The third-order valence-corrected chi connectivity index (χ3v) is 8.22. The van der Waals surface area contributed by atoms with E-state index < -0.39 is 34.4 Å². The van der Waals surface area contributed by atoms with Gasteiger partial charge >= 0.3 is 0 Å². The normalized spacial score (nSPS) is 18.0. The smallest absolute Gasteiger partial charge is 0.294 e. The van der Waals surface area contributed by atoms with Crippen LogP contribution in [0.5, 0.6) is 0 Å². The zero-order valence-electron chi connectivity index (χ0n) is 22.4. The summed E-state index contributed by atoms with van der Waals surface area (Å²) in [4.78, 5) is 50.6. The molecule has 1 aliphatic carbocycles. The van der Waals surface area contributed by atoms with Crippen LogP contribution in [0.25, 0.3) is 10.9 Å². The molecule has 10 nitrogen and oxygen atoms in total. The second kappa shape index (κ2) is 11.2. The molecule has 1 aromatic heterocycles. The van der Waals surface area contributed by atoms with Gasteiger partial charge < -0.3 is 20.9 Å². The maximum atomic E-state index is 13.8. The van der Waals surface area contributed by atoms with E-state index in [9.17, 15) is 24.5 Å². The Morgan fingerprint density at radius 1 is 1.10 bits per heavy atom. The lowest BCUT2D eigenvalue weighted by atomic mass is 9.74. The number of nitrogens with one attached hydrogen (secondary N) is 2. The van der Waals surface area contributed by atoms with Crippen LogP contribution in [0.2, 0.25) is 0 Å². The van der Waals surface area contributed by atoms with Crippen molar-refractivity contribution in [2.24, 2.45) is 5.73 Å². The summed E-state index contributed by atoms with van der Waals surface area (Å²) in [5.41, 5.74) is 7.88. The number of anilines is 1. The van der Waals surface area contributed by atoms with Crippen molar-refractivity contribution in [3.63, 3.8) is 0 Å². The van der Waals surface area contributed by atoms with Gasteiger partial charge in [0.2, 0.25) is 5.91 Å². The number of para-hydroxylation sites is 1. The summed E-state index contributed by atoms with van der Waals surface area (Å²) in [5, 5.41) is 18.6. The van der Waals surface area contributed by atoms with Gasteiger partial charge in [0.05, 0.1) is 33.7 Å². The number of nitrogens with two attached hydrogens (primary N) is 1. The first-order chi connectivity index (χ1) is 19.7. The maximum Gasteiger partial charge on any atom is 0.294 e. The zero-order valence-corrected chi connectivity index (χ0v) is 24.0. The minimum atomic E-state index is -0.707. The van der Waals surface area contributed by atoms with Crippen LogP contribution < -0.4 is 21.9 Å². The molecule has 4 aromatic rings. The Bertz CT molecular complexity index is 1770. The number of rotatable bonds is 7. The molecule has 11 heteroatoms. The zero-order chi connectivity index (χ0) is 29.4. The van der Waals surface area contributed by atoms with Crippen molar-refractivity contribution in [1.29, 1.82) is 0 Å². The van der Waals surface area contributed by atoms with Gasteiger partial charge in [-0.05, 0) is 36.1 Å². The molecule has 1 heterocycles. The summed E-state index contributed by atoms with van der Waals surface area (Å²) in [5.74, 6) is -1.37. The van der Waals surface area contributed by atoms with Crippen LogP contribution in [0, 0.1) is 10.1 Å². The van der Waals surface area contributed by atoms with E-state index in [4.69, 9.17) is 5.73 Å². The molecule has 0 spiro atoms. The number of primary amides is 1. The Balaban J connectivity index is 1.79. The SMILES string of the molecule is CCC1c2ccccc2C[C@@H](Nc2c(C(=O)NC)cc(Br)cc2[N+](=O)[O-])[C@H]1n1c(=O)cc(C(N)=O)c2ccccc21. The Morgan fingerprint density at radius 3 is 2.49 bits per heavy atom. The number of nitro groups is 1. The molecule has 0 saturated carbocycles. The van der Waals surface area contributed by atoms with Crippen molar-refractivity contribution < 1.29 is 14.5 Å². The number of nitrogens with zero attached hydrogens (tertiary/aromatic N) is 2. The lowest BCUT2D eigenvalue weighted by Crippen LogP contribution is -2.45. The maximum absolute atomic E-state index is 13.8. The van der Waals surface area contributed by atoms with Gasteiger partial charge in [0.25, 0.3) is 17.2 Å². The predicted molar refractivity (Wildman–Crippen MR) is 161 cm³/mol. The Hall–Kier alpha value is -4.51. The van der Waals surface area contributed by atoms with Crippen molar-refractivity contribution in [1.82, 2.24) is 9.88 Å². The minimum Gasteiger partial charge on any atom is -0.374 e. The van der Waals surface area contributed by atoms with E-state index in [1.165, 1.54) is 25.2 Å². The summed E-state index contributed by atoms with van der Waals surface area (Å²) < 4.78 is 2.04. The quantitative estimate of drug-likeness (QED) is 0.198. The highest BCUT2D eigenvalue weighted by Crippen LogP contribution is 2.44. The van der Waals surface area contributed by atoms with E-state index in [0.717, 1.165) is 11.1 Å². The highest BCUT2D eigenvalue weighted by Gasteiger charge is 2.40. The molecule has 3 atom stereocenters. The number of hydrogen-bond acceptors (Lipinski definition) is 6. The van der Waals surface area contributed by atoms with Crippen LogP contribution >= 0.6 is 15.9 Å². The lowest BCUT2D eigenvalue weighted by Gasteiger charge is -2.42. The van der Waals surface area contributed by atoms with E-state index >= 15 is 0 Å². The standard InChI is InChI=1S/C30H28BrN5O5/c1-3-18-19-9-5-4-8-16(19)12-23(34-27-22(30(39)33-2)13-17(31)14-25(27)36(40)41)28(18)35-24-11-7-6-10-20(24)21(29(32)38)15-26(35)37/h4-11,13-15,18,23,28,34H,3,12H2,1-2H3,(H2,32,38)(H,33,39)/t18?,23-,28+/m1/s1. The number of hydrogen-bond donors (Lipinski definition) is 3. The first-order valence-corrected chi connectivity index (χ1v) is 13.9. The van der Waals surface area contributed by atoms with E-state index in [1.807, 2.05) is 31.2 Å². The Kier molecular flexibility index (Phi) is 7.63. The Labute approximate surface area is 243 Å². The van der Waals surface area contributed by atoms with Crippen molar-refractivity contribution in [3.05, 3.63) is 114 Å². The van der Waals surface area contributed by atoms with Gasteiger partial charge in [0.1, 0.15) is 5.69 Å². The third kappa shape index (κ3) is 4.97. The highest BCUT2D eigenvalue weighted by molar-refractivity contribution is 9.10. The molecule has 4 N–H and O–H groups in total. The summed E-state index contributed by atoms with van der Waals surface area (Å²) in [6.45, 7) is 2.03. The number of carbonyl (C=O) groups is 2. The molecule has 0 saturated heterocycles. The number of carbonyl (C=O) groups excluding carboxylic acids is 2. The van der Waals surface area contributed by atoms with Crippen LogP contribution in [-0.2, 0) is 6.42 Å². The average Bonchev–Trinajstić information content (AvgIpc) is 2.96. The van der Waals surface area contributed by atoms with Crippen LogP contribution in [0.1, 0.15) is 57.1 Å². The number of fused-ring (bicyclic) bond motifs is 2. The van der Waals surface area contributed by atoms with Gasteiger partial charge in [0.15, 0.2) is 0 Å². The number of amides is 2. The molecule has 0 bridgehead atoms. The summed E-state index contributed by atoms with van der Waals surface area (Å²) >= 11 is 3.29. The monoisotopic (exact) mass is 617 g/mol. The Morgan fingerprint density at radius 2 is 1.80 bits per heavy atom. The molecular weight excluding hydrogens is 590 g/mol. The van der Waals surface area contributed by atoms with Crippen molar-refractivity contribution in [2.75, 3.05) is 12.4 Å². The summed E-state index contributed by atoms with van der Waals surface area (Å²) in [6.07, 6.45) is 1.08. The van der Waals surface area contributed by atoms with Gasteiger partial charge in [-0.15, -0.1) is 0 Å². The van der Waals surface area contributed by atoms with Crippen molar-refractivity contribution in [3.8, 4) is 0 Å². The second-order valence-electron chi connectivity index (χ2n) is 9.99. The largest absolute Gasteiger partial charge is 0.374 e. The van der Waals surface area contributed by atoms with E-state index in [-0.39, 0.29) is 28.4 Å². The molecule has 0 radical (unpaired) electrons. The molecule has 0 aliphatic heterocycles. The van der Waals surface area contributed by atoms with E-state index in [1.54, 1.807) is 28.8 Å². The summed E-state index contributed by atoms with van der Waals surface area (Å²) in [6, 6.07) is 18.1. The fourth-order valence-corrected chi connectivity index (χ4v) is 6.51. The van der Waals surface area contributed by atoms with Gasteiger partial charge in [-0.3, -0.25) is 24.5 Å². The number of benzene rings is 3. The average molecular weight is 618 g/mol. The fraction of sp³-hybridized carbons (Fsp3) is 0.233. The molecule has 0 fully saturated rings. The van der Waals surface area contributed by atoms with Crippen LogP contribution in [-0.4, -0.2) is 34.4 Å². The molecule has 210 valence electrons. The third-order valence-electron chi connectivity index (χ3n) is 7.76. The van der Waals surface area contributed by atoms with Gasteiger partial charge in [-0.2, -0.15) is 0 Å². The van der Waals surface area contributed by atoms with Crippen LogP contribution in [0.3, 0.4) is 0 Å². The molecule has 5 rings (SSSR count). The van der Waals surface area contributed by atoms with E-state index in [2.05, 4.69) is 26.6 Å². The molecule has 1 unspecified atom stereocenters. The first-order valence-electron chi connectivity index (χ1n) is 13.1. The number of nitro benzene ring substituents is 1. The van der Waals surface area contributed by atoms with Gasteiger partial charge in [-0.1, -0.05) is 65.3 Å². The highest BCUT2D eigenvalue weighted by atomic mass is 79.9. The second-order valence-corrected chi connectivity index (χ2v) is 10.9. The van der Waals surface area contributed by atoms with E-state index in [0.29, 0.717) is 28.2 Å². The first kappa shape index (κ1) is 28.0. The van der Waals surface area contributed by atoms with Crippen LogP contribution in [0.15, 0.2) is 76.0 Å². The summed E-state index contributed by atoms with van der Waals surface area (Å²) in [7, 11) is 1.46. The molecule has 41 heavy (non-hydrogen) atoms.